The maximum Gasteiger partial charge on any atom is 0.302 e. The zero-order valence-corrected chi connectivity index (χ0v) is 22.7. The molecule has 1 fully saturated rings. The van der Waals surface area contributed by atoms with Crippen LogP contribution in [-0.2, 0) is 25.5 Å². The van der Waals surface area contributed by atoms with Gasteiger partial charge in [0, 0.05) is 33.4 Å². The highest BCUT2D eigenvalue weighted by Crippen LogP contribution is 2.36. The number of aromatic hydroxyl groups is 1. The molecule has 1 aromatic rings. The Morgan fingerprint density at radius 1 is 1.11 bits per heavy atom. The van der Waals surface area contributed by atoms with Gasteiger partial charge in [-0.2, -0.15) is 0 Å². The second kappa shape index (κ2) is 14.1. The summed E-state index contributed by atoms with van der Waals surface area (Å²) < 4.78 is 16.7. The number of esters is 2. The van der Waals surface area contributed by atoms with Crippen LogP contribution in [0.5, 0.6) is 11.5 Å². The molecule has 5 N–H and O–H groups in total. The predicted octanol–water partition coefficient (Wildman–Crippen LogP) is 3.56. The molecule has 2 aliphatic rings. The van der Waals surface area contributed by atoms with Gasteiger partial charge in [-0.05, 0) is 78.8 Å². The lowest BCUT2D eigenvalue weighted by Crippen LogP contribution is -2.32. The number of ether oxygens (including phenoxy) is 3. The molecule has 0 amide bonds. The number of methoxy groups -OCH3 is 1. The largest absolute Gasteiger partial charge is 0.504 e. The standard InChI is InChI=1S/C29H42N2O7/c1-18(33)37-24(15-25(38-19(2)34)12-20-6-4-5-7-23(20)17-32)9-8-21-13-28(36-3)27(35)16-26(21)22-10-11-31-29(30)14-22/h10,13-14,16,20,23-25,31-32,35H,4-9,11-12,15,17,30H2,1-3H3. The first-order valence-electron chi connectivity index (χ1n) is 13.5. The van der Waals surface area contributed by atoms with Gasteiger partial charge in [-0.25, -0.2) is 0 Å². The number of aliphatic hydroxyl groups excluding tert-OH is 1. The Morgan fingerprint density at radius 2 is 1.79 bits per heavy atom. The van der Waals surface area contributed by atoms with Gasteiger partial charge in [-0.3, -0.25) is 9.59 Å². The van der Waals surface area contributed by atoms with Crippen LogP contribution < -0.4 is 15.8 Å². The third kappa shape index (κ3) is 8.41. The van der Waals surface area contributed by atoms with E-state index >= 15 is 0 Å². The first kappa shape index (κ1) is 29.4. The van der Waals surface area contributed by atoms with Crippen molar-refractivity contribution in [2.75, 3.05) is 20.3 Å². The molecule has 0 radical (unpaired) electrons. The summed E-state index contributed by atoms with van der Waals surface area (Å²) in [5.41, 5.74) is 8.59. The molecular formula is C29H42N2O7. The van der Waals surface area contributed by atoms with Crippen molar-refractivity contribution in [3.05, 3.63) is 41.2 Å². The zero-order valence-electron chi connectivity index (χ0n) is 22.7. The lowest BCUT2D eigenvalue weighted by Gasteiger charge is -2.33. The minimum Gasteiger partial charge on any atom is -0.504 e. The molecule has 0 aromatic heterocycles. The van der Waals surface area contributed by atoms with E-state index in [4.69, 9.17) is 19.9 Å². The highest BCUT2D eigenvalue weighted by molar-refractivity contribution is 5.79. The molecule has 3 rings (SSSR count). The number of rotatable bonds is 12. The first-order chi connectivity index (χ1) is 18.2. The summed E-state index contributed by atoms with van der Waals surface area (Å²) in [6.07, 6.45) is 9.06. The number of phenols is 1. The van der Waals surface area contributed by atoms with Crippen LogP contribution in [0.2, 0.25) is 0 Å². The Morgan fingerprint density at radius 3 is 2.42 bits per heavy atom. The lowest BCUT2D eigenvalue weighted by molar-refractivity contribution is -0.154. The van der Waals surface area contributed by atoms with Crippen LogP contribution in [0.25, 0.3) is 5.57 Å². The summed E-state index contributed by atoms with van der Waals surface area (Å²) in [5, 5.41) is 23.4. The molecule has 1 aliphatic heterocycles. The van der Waals surface area contributed by atoms with E-state index in [0.717, 1.165) is 42.4 Å². The smallest absolute Gasteiger partial charge is 0.302 e. The van der Waals surface area contributed by atoms with Crippen molar-refractivity contribution < 1.29 is 34.0 Å². The van der Waals surface area contributed by atoms with Gasteiger partial charge in [-0.15, -0.1) is 0 Å². The normalized spacial score (nSPS) is 20.8. The van der Waals surface area contributed by atoms with E-state index in [1.807, 2.05) is 12.2 Å². The fourth-order valence-electron chi connectivity index (χ4n) is 5.66. The third-order valence-electron chi connectivity index (χ3n) is 7.45. The van der Waals surface area contributed by atoms with Crippen molar-refractivity contribution in [1.29, 1.82) is 0 Å². The monoisotopic (exact) mass is 530 g/mol. The molecule has 9 heteroatoms. The molecule has 1 aromatic carbocycles. The fraction of sp³-hybridized carbons (Fsp3) is 0.586. The maximum absolute atomic E-state index is 12.0. The van der Waals surface area contributed by atoms with E-state index in [2.05, 4.69) is 5.32 Å². The van der Waals surface area contributed by atoms with Crippen molar-refractivity contribution in [1.82, 2.24) is 5.32 Å². The van der Waals surface area contributed by atoms with Gasteiger partial charge in [-0.1, -0.05) is 18.9 Å². The summed E-state index contributed by atoms with van der Waals surface area (Å²) in [6.45, 7) is 3.46. The van der Waals surface area contributed by atoms with E-state index < -0.39 is 18.2 Å². The maximum atomic E-state index is 12.0. The van der Waals surface area contributed by atoms with Gasteiger partial charge in [0.25, 0.3) is 0 Å². The molecule has 0 bridgehead atoms. The molecule has 0 spiro atoms. The topological polar surface area (TPSA) is 140 Å². The number of carbonyl (C=O) groups excluding carboxylic acids is 2. The third-order valence-corrected chi connectivity index (χ3v) is 7.45. The van der Waals surface area contributed by atoms with Gasteiger partial charge >= 0.3 is 11.9 Å². The summed E-state index contributed by atoms with van der Waals surface area (Å²) in [6, 6.07) is 3.45. The highest BCUT2D eigenvalue weighted by atomic mass is 16.6. The Bertz CT molecular complexity index is 1040. The number of benzene rings is 1. The number of hydrogen-bond donors (Lipinski definition) is 4. The van der Waals surface area contributed by atoms with E-state index in [1.54, 1.807) is 12.1 Å². The minimum absolute atomic E-state index is 0.0232. The van der Waals surface area contributed by atoms with Crippen LogP contribution in [0, 0.1) is 11.8 Å². The Kier molecular flexibility index (Phi) is 10.9. The number of hydrogen-bond acceptors (Lipinski definition) is 9. The Labute approximate surface area is 225 Å². The number of aryl methyl sites for hydroxylation is 1. The molecule has 38 heavy (non-hydrogen) atoms. The average Bonchev–Trinajstić information content (AvgIpc) is 2.87. The van der Waals surface area contributed by atoms with E-state index in [1.165, 1.54) is 21.0 Å². The molecule has 4 atom stereocenters. The molecule has 1 aliphatic carbocycles. The van der Waals surface area contributed by atoms with Crippen LogP contribution in [0.4, 0.5) is 0 Å². The summed E-state index contributed by atoms with van der Waals surface area (Å²) in [7, 11) is 1.50. The summed E-state index contributed by atoms with van der Waals surface area (Å²) >= 11 is 0. The number of phenolic OH excluding ortho intramolecular Hbond substituents is 1. The molecule has 1 heterocycles. The van der Waals surface area contributed by atoms with Gasteiger partial charge < -0.3 is 35.5 Å². The summed E-state index contributed by atoms with van der Waals surface area (Å²) in [5.74, 6) is 0.588. The molecule has 1 saturated carbocycles. The average molecular weight is 531 g/mol. The van der Waals surface area contributed by atoms with E-state index in [-0.39, 0.29) is 30.2 Å². The van der Waals surface area contributed by atoms with Gasteiger partial charge in [0.15, 0.2) is 11.5 Å². The van der Waals surface area contributed by atoms with Crippen LogP contribution in [0.15, 0.2) is 30.1 Å². The molecule has 210 valence electrons. The zero-order chi connectivity index (χ0) is 27.7. The molecule has 0 saturated heterocycles. The predicted molar refractivity (Wildman–Crippen MR) is 144 cm³/mol. The first-order valence-corrected chi connectivity index (χ1v) is 13.5. The molecule has 9 nitrogen and oxygen atoms in total. The van der Waals surface area contributed by atoms with Crippen molar-refractivity contribution in [3.63, 3.8) is 0 Å². The molecular weight excluding hydrogens is 488 g/mol. The number of allylic oxidation sites excluding steroid dienone is 2. The Balaban J connectivity index is 1.81. The van der Waals surface area contributed by atoms with Crippen LogP contribution in [0.1, 0.15) is 69.9 Å². The number of carbonyl (C=O) groups is 2. The Hall–Kier alpha value is -3.20. The number of nitrogens with two attached hydrogens (primary N) is 1. The molecule has 4 unspecified atom stereocenters. The second-order valence-electron chi connectivity index (χ2n) is 10.3. The van der Waals surface area contributed by atoms with Gasteiger partial charge in [0.2, 0.25) is 0 Å². The lowest BCUT2D eigenvalue weighted by atomic mass is 9.76. The number of dihydropyridines is 1. The second-order valence-corrected chi connectivity index (χ2v) is 10.3. The van der Waals surface area contributed by atoms with Gasteiger partial charge in [0.05, 0.1) is 12.9 Å². The van der Waals surface area contributed by atoms with Gasteiger partial charge in [0.1, 0.15) is 12.2 Å². The van der Waals surface area contributed by atoms with Crippen LogP contribution >= 0.6 is 0 Å². The van der Waals surface area contributed by atoms with Crippen LogP contribution in [0.3, 0.4) is 0 Å². The quantitative estimate of drug-likeness (QED) is 0.299. The van der Waals surface area contributed by atoms with Crippen molar-refractivity contribution in [2.24, 2.45) is 17.6 Å². The number of nitrogens with one attached hydrogen (secondary N) is 1. The van der Waals surface area contributed by atoms with E-state index in [0.29, 0.717) is 43.8 Å². The van der Waals surface area contributed by atoms with Crippen molar-refractivity contribution in [2.45, 2.75) is 77.4 Å². The van der Waals surface area contributed by atoms with Crippen LogP contribution in [-0.4, -0.2) is 54.6 Å². The number of aliphatic hydroxyl groups is 1. The minimum atomic E-state index is -0.483. The van der Waals surface area contributed by atoms with E-state index in [9.17, 15) is 19.8 Å². The van der Waals surface area contributed by atoms with Crippen molar-refractivity contribution in [3.8, 4) is 11.5 Å². The fourth-order valence-corrected chi connectivity index (χ4v) is 5.66. The SMILES string of the molecule is COc1cc(CCC(CC(CC2CCCCC2CO)OC(C)=O)OC(C)=O)c(C2=CCNC(N)=C2)cc1O. The highest BCUT2D eigenvalue weighted by Gasteiger charge is 2.30. The summed E-state index contributed by atoms with van der Waals surface area (Å²) in [4.78, 5) is 23.9. The van der Waals surface area contributed by atoms with Crippen molar-refractivity contribution >= 4 is 17.5 Å².